The highest BCUT2D eigenvalue weighted by molar-refractivity contribution is 9.10. The molecule has 1 aromatic rings. The molecule has 1 aliphatic rings. The van der Waals surface area contributed by atoms with E-state index in [0.29, 0.717) is 11.0 Å². The average molecular weight is 365 g/mol. The van der Waals surface area contributed by atoms with Crippen LogP contribution in [0, 0.1) is 11.7 Å². The summed E-state index contributed by atoms with van der Waals surface area (Å²) in [4.78, 5) is -0.348. The highest BCUT2D eigenvalue weighted by Gasteiger charge is 2.36. The topological polar surface area (TPSA) is 63.4 Å². The molecule has 112 valence electrons. The van der Waals surface area contributed by atoms with Gasteiger partial charge in [-0.3, -0.25) is 0 Å². The number of anilines is 1. The third-order valence-electron chi connectivity index (χ3n) is 3.95. The Bertz CT molecular complexity index is 621. The molecule has 2 N–H and O–H groups in total. The highest BCUT2D eigenvalue weighted by Crippen LogP contribution is 2.32. The summed E-state index contributed by atoms with van der Waals surface area (Å²) < 4.78 is 41.0. The number of nitrogens with two attached hydrogens (primary N) is 1. The van der Waals surface area contributed by atoms with Crippen LogP contribution in [0.4, 0.5) is 10.1 Å². The largest absolute Gasteiger partial charge is 0.398 e. The van der Waals surface area contributed by atoms with Crippen molar-refractivity contribution in [3.8, 4) is 0 Å². The van der Waals surface area contributed by atoms with Gasteiger partial charge in [0.25, 0.3) is 0 Å². The van der Waals surface area contributed by atoms with Gasteiger partial charge in [0.05, 0.1) is 0 Å². The molecule has 0 spiro atoms. The number of hydrogen-bond acceptors (Lipinski definition) is 3. The van der Waals surface area contributed by atoms with E-state index >= 15 is 0 Å². The zero-order valence-electron chi connectivity index (χ0n) is 11.4. The predicted octanol–water partition coefficient (Wildman–Crippen LogP) is 2.98. The van der Waals surface area contributed by atoms with Crippen molar-refractivity contribution in [3.05, 3.63) is 22.4 Å². The van der Waals surface area contributed by atoms with E-state index in [-0.39, 0.29) is 22.5 Å². The SMILES string of the molecule is CC1CCCN(S(=O)(=O)c2cc(N)c(Br)cc2F)C1C. The monoisotopic (exact) mass is 364 g/mol. The van der Waals surface area contributed by atoms with Gasteiger partial charge >= 0.3 is 0 Å². The lowest BCUT2D eigenvalue weighted by atomic mass is 9.94. The van der Waals surface area contributed by atoms with E-state index in [1.165, 1.54) is 10.4 Å². The molecular weight excluding hydrogens is 347 g/mol. The van der Waals surface area contributed by atoms with Crippen molar-refractivity contribution in [3.63, 3.8) is 0 Å². The number of hydrogen-bond donors (Lipinski definition) is 1. The van der Waals surface area contributed by atoms with Gasteiger partial charge in [0, 0.05) is 22.7 Å². The van der Waals surface area contributed by atoms with Gasteiger partial charge in [-0.15, -0.1) is 0 Å². The van der Waals surface area contributed by atoms with Crippen molar-refractivity contribution in [2.45, 2.75) is 37.6 Å². The normalized spacial score (nSPS) is 24.8. The quantitative estimate of drug-likeness (QED) is 0.820. The van der Waals surface area contributed by atoms with Crippen molar-refractivity contribution >= 4 is 31.6 Å². The minimum absolute atomic E-state index is 0.141. The summed E-state index contributed by atoms with van der Waals surface area (Å²) in [6, 6.07) is 2.14. The number of nitrogen functional groups attached to an aromatic ring is 1. The van der Waals surface area contributed by atoms with Gasteiger partial charge in [0.1, 0.15) is 10.7 Å². The molecule has 7 heteroatoms. The smallest absolute Gasteiger partial charge is 0.246 e. The maximum absolute atomic E-state index is 14.0. The van der Waals surface area contributed by atoms with Crippen LogP contribution < -0.4 is 5.73 Å². The van der Waals surface area contributed by atoms with Crippen LogP contribution in [0.2, 0.25) is 0 Å². The van der Waals surface area contributed by atoms with Crippen molar-refractivity contribution in [1.29, 1.82) is 0 Å². The predicted molar refractivity (Wildman–Crippen MR) is 80.3 cm³/mol. The van der Waals surface area contributed by atoms with Gasteiger partial charge in [0.15, 0.2) is 0 Å². The Morgan fingerprint density at radius 1 is 1.40 bits per heavy atom. The van der Waals surface area contributed by atoms with E-state index in [0.717, 1.165) is 18.9 Å². The summed E-state index contributed by atoms with van der Waals surface area (Å²) in [7, 11) is -3.86. The first kappa shape index (κ1) is 15.7. The van der Waals surface area contributed by atoms with Crippen LogP contribution in [0.3, 0.4) is 0 Å². The van der Waals surface area contributed by atoms with Gasteiger partial charge in [0.2, 0.25) is 10.0 Å². The zero-order valence-corrected chi connectivity index (χ0v) is 13.8. The molecule has 4 nitrogen and oxygen atoms in total. The molecule has 0 bridgehead atoms. The molecule has 1 aromatic carbocycles. The summed E-state index contributed by atoms with van der Waals surface area (Å²) in [5.41, 5.74) is 5.89. The number of nitrogens with zero attached hydrogens (tertiary/aromatic N) is 1. The Hall–Kier alpha value is -0.660. The zero-order chi connectivity index (χ0) is 15.1. The fourth-order valence-electron chi connectivity index (χ4n) is 2.51. The first-order valence-corrected chi connectivity index (χ1v) is 8.75. The Balaban J connectivity index is 2.47. The Morgan fingerprint density at radius 2 is 2.05 bits per heavy atom. The maximum Gasteiger partial charge on any atom is 0.246 e. The summed E-state index contributed by atoms with van der Waals surface area (Å²) in [5.74, 6) is -0.522. The highest BCUT2D eigenvalue weighted by atomic mass is 79.9. The standard InChI is InChI=1S/C13H18BrFN2O2S/c1-8-4-3-5-17(9(8)2)20(18,19)13-7-12(16)10(14)6-11(13)15/h6-9H,3-5,16H2,1-2H3. The first-order valence-electron chi connectivity index (χ1n) is 6.51. The summed E-state index contributed by atoms with van der Waals surface area (Å²) in [6.45, 7) is 4.30. The van der Waals surface area contributed by atoms with Crippen LogP contribution in [-0.4, -0.2) is 25.3 Å². The van der Waals surface area contributed by atoms with E-state index in [2.05, 4.69) is 15.9 Å². The molecule has 2 atom stereocenters. The van der Waals surface area contributed by atoms with E-state index in [9.17, 15) is 12.8 Å². The molecule has 0 amide bonds. The van der Waals surface area contributed by atoms with Crippen LogP contribution in [-0.2, 0) is 10.0 Å². The van der Waals surface area contributed by atoms with Crippen molar-refractivity contribution < 1.29 is 12.8 Å². The molecule has 0 aliphatic carbocycles. The Labute approximate surface area is 127 Å². The number of halogens is 2. The van der Waals surface area contributed by atoms with Gasteiger partial charge < -0.3 is 5.73 Å². The second-order valence-corrected chi connectivity index (χ2v) is 7.99. The molecule has 20 heavy (non-hydrogen) atoms. The third kappa shape index (κ3) is 2.71. The van der Waals surface area contributed by atoms with Crippen molar-refractivity contribution in [2.75, 3.05) is 12.3 Å². The van der Waals surface area contributed by atoms with Crippen LogP contribution >= 0.6 is 15.9 Å². The molecule has 1 fully saturated rings. The van der Waals surface area contributed by atoms with Crippen LogP contribution in [0.15, 0.2) is 21.5 Å². The third-order valence-corrected chi connectivity index (χ3v) is 6.64. The van der Waals surface area contributed by atoms with Gasteiger partial charge in [-0.1, -0.05) is 6.92 Å². The molecular formula is C13H18BrFN2O2S. The Morgan fingerprint density at radius 3 is 2.70 bits per heavy atom. The molecule has 1 saturated heterocycles. The molecule has 2 rings (SSSR count). The van der Waals surface area contributed by atoms with E-state index in [1.807, 2.05) is 13.8 Å². The second kappa shape index (κ2) is 5.61. The van der Waals surface area contributed by atoms with Crippen molar-refractivity contribution in [2.24, 2.45) is 5.92 Å². The number of piperidine rings is 1. The molecule has 0 saturated carbocycles. The van der Waals surface area contributed by atoms with Gasteiger partial charge in [-0.05, 0) is 53.7 Å². The Kier molecular flexibility index (Phi) is 4.41. The summed E-state index contributed by atoms with van der Waals surface area (Å²) in [5, 5.41) is 0. The average Bonchev–Trinajstić information content (AvgIpc) is 2.36. The molecule has 1 heterocycles. The molecule has 1 aliphatic heterocycles. The fraction of sp³-hybridized carbons (Fsp3) is 0.538. The number of sulfonamides is 1. The van der Waals surface area contributed by atoms with Crippen LogP contribution in [0.25, 0.3) is 0 Å². The lowest BCUT2D eigenvalue weighted by molar-refractivity contribution is 0.202. The van der Waals surface area contributed by atoms with E-state index in [1.54, 1.807) is 0 Å². The van der Waals surface area contributed by atoms with Gasteiger partial charge in [-0.25, -0.2) is 12.8 Å². The van der Waals surface area contributed by atoms with Crippen LogP contribution in [0.5, 0.6) is 0 Å². The summed E-state index contributed by atoms with van der Waals surface area (Å²) in [6.07, 6.45) is 1.77. The summed E-state index contributed by atoms with van der Waals surface area (Å²) >= 11 is 3.09. The lowest BCUT2D eigenvalue weighted by Gasteiger charge is -2.36. The maximum atomic E-state index is 14.0. The van der Waals surface area contributed by atoms with Crippen LogP contribution in [0.1, 0.15) is 26.7 Å². The number of rotatable bonds is 2. The van der Waals surface area contributed by atoms with Crippen molar-refractivity contribution in [1.82, 2.24) is 4.31 Å². The minimum atomic E-state index is -3.86. The minimum Gasteiger partial charge on any atom is -0.398 e. The number of benzene rings is 1. The van der Waals surface area contributed by atoms with E-state index in [4.69, 9.17) is 5.73 Å². The lowest BCUT2D eigenvalue weighted by Crippen LogP contribution is -2.46. The first-order chi connectivity index (χ1) is 9.25. The molecule has 2 unspecified atom stereocenters. The fourth-order valence-corrected chi connectivity index (χ4v) is 4.67. The second-order valence-electron chi connectivity index (χ2n) is 5.28. The van der Waals surface area contributed by atoms with E-state index < -0.39 is 15.8 Å². The molecule has 0 radical (unpaired) electrons. The molecule has 0 aromatic heterocycles. The van der Waals surface area contributed by atoms with Gasteiger partial charge in [-0.2, -0.15) is 4.31 Å².